The molecule has 0 bridgehead atoms. The predicted molar refractivity (Wildman–Crippen MR) is 74.1 cm³/mol. The van der Waals surface area contributed by atoms with E-state index in [1.54, 1.807) is 29.1 Å². The van der Waals surface area contributed by atoms with E-state index < -0.39 is 0 Å². The number of benzene rings is 1. The first-order chi connectivity index (χ1) is 9.15. The van der Waals surface area contributed by atoms with Crippen LogP contribution < -0.4 is 5.73 Å². The summed E-state index contributed by atoms with van der Waals surface area (Å²) in [5, 5.41) is 4.85. The van der Waals surface area contributed by atoms with E-state index in [0.29, 0.717) is 16.4 Å². The maximum Gasteiger partial charge on any atom is 0.180 e. The van der Waals surface area contributed by atoms with Crippen LogP contribution in [-0.4, -0.2) is 14.8 Å². The number of anilines is 1. The van der Waals surface area contributed by atoms with Crippen LogP contribution in [0.3, 0.4) is 0 Å². The predicted octanol–water partition coefficient (Wildman–Crippen LogP) is 2.93. The number of rotatable bonds is 2. The second-order valence-electron chi connectivity index (χ2n) is 4.08. The number of aromatic nitrogens is 3. The highest BCUT2D eigenvalue weighted by Crippen LogP contribution is 2.31. The second-order valence-corrected chi connectivity index (χ2v) is 5.14. The number of halogens is 1. The van der Waals surface area contributed by atoms with Gasteiger partial charge in [0.2, 0.25) is 0 Å². The molecule has 0 unspecified atom stereocenters. The van der Waals surface area contributed by atoms with Gasteiger partial charge in [0.1, 0.15) is 5.82 Å². The van der Waals surface area contributed by atoms with Crippen LogP contribution >= 0.6 is 11.3 Å². The zero-order valence-electron chi connectivity index (χ0n) is 10.2. The number of nitrogens with zero attached hydrogens (tertiary/aromatic N) is 3. The van der Waals surface area contributed by atoms with Crippen LogP contribution in [0.15, 0.2) is 36.5 Å². The summed E-state index contributed by atoms with van der Waals surface area (Å²) >= 11 is 1.38. The van der Waals surface area contributed by atoms with Crippen molar-refractivity contribution in [1.82, 2.24) is 14.8 Å². The number of hydrogen-bond donors (Lipinski definition) is 1. The molecule has 6 heteroatoms. The Morgan fingerprint density at radius 3 is 2.79 bits per heavy atom. The lowest BCUT2D eigenvalue weighted by Crippen LogP contribution is -1.93. The van der Waals surface area contributed by atoms with Crippen molar-refractivity contribution in [2.24, 2.45) is 7.05 Å². The minimum atomic E-state index is -0.282. The molecular weight excluding hydrogens is 263 g/mol. The maximum absolute atomic E-state index is 13.7. The molecule has 4 nitrogen and oxygen atoms in total. The van der Waals surface area contributed by atoms with Gasteiger partial charge in [0.05, 0.1) is 16.3 Å². The molecule has 0 saturated heterocycles. The number of nitrogen functional groups attached to an aromatic ring is 1. The van der Waals surface area contributed by atoms with Gasteiger partial charge >= 0.3 is 0 Å². The first-order valence-corrected chi connectivity index (χ1v) is 6.47. The number of thiazole rings is 1. The van der Waals surface area contributed by atoms with Crippen LogP contribution in [-0.2, 0) is 7.05 Å². The Morgan fingerprint density at radius 2 is 2.11 bits per heavy atom. The quantitative estimate of drug-likeness (QED) is 0.781. The Kier molecular flexibility index (Phi) is 2.79. The minimum Gasteiger partial charge on any atom is -0.375 e. The third-order valence-corrected chi connectivity index (χ3v) is 3.65. The van der Waals surface area contributed by atoms with E-state index in [2.05, 4.69) is 10.1 Å². The van der Waals surface area contributed by atoms with Crippen molar-refractivity contribution in [2.45, 2.75) is 0 Å². The van der Waals surface area contributed by atoms with Gasteiger partial charge in [-0.25, -0.2) is 9.37 Å². The normalized spacial score (nSPS) is 10.8. The van der Waals surface area contributed by atoms with E-state index >= 15 is 0 Å². The molecule has 19 heavy (non-hydrogen) atoms. The summed E-state index contributed by atoms with van der Waals surface area (Å²) in [6.07, 6.45) is 1.70. The molecule has 0 fully saturated rings. The fraction of sp³-hybridized carbons (Fsp3) is 0.0769. The molecule has 2 N–H and O–H groups in total. The van der Waals surface area contributed by atoms with Gasteiger partial charge in [-0.3, -0.25) is 4.68 Å². The standard InChI is InChI=1S/C13H11FN4S/c1-18-11(12-7-16-13(15)19-12)6-10(17-18)8-4-2-3-5-9(8)14/h2-7H,1H3,(H2,15,16). The Balaban J connectivity index is 2.10. The van der Waals surface area contributed by atoms with Crippen LogP contribution in [0.5, 0.6) is 0 Å². The summed E-state index contributed by atoms with van der Waals surface area (Å²) in [5.74, 6) is -0.282. The van der Waals surface area contributed by atoms with Gasteiger partial charge in [-0.05, 0) is 18.2 Å². The van der Waals surface area contributed by atoms with Crippen molar-refractivity contribution in [3.63, 3.8) is 0 Å². The second kappa shape index (κ2) is 4.47. The molecule has 3 rings (SSSR count). The lowest BCUT2D eigenvalue weighted by Gasteiger charge is -1.97. The molecule has 3 aromatic rings. The van der Waals surface area contributed by atoms with E-state index in [0.717, 1.165) is 10.6 Å². The highest BCUT2D eigenvalue weighted by molar-refractivity contribution is 7.18. The Morgan fingerprint density at radius 1 is 1.32 bits per heavy atom. The van der Waals surface area contributed by atoms with Crippen molar-refractivity contribution in [1.29, 1.82) is 0 Å². The molecule has 2 aromatic heterocycles. The lowest BCUT2D eigenvalue weighted by molar-refractivity contribution is 0.630. The average molecular weight is 274 g/mol. The Labute approximate surface area is 113 Å². The largest absolute Gasteiger partial charge is 0.375 e. The van der Waals surface area contributed by atoms with Crippen LogP contribution in [0, 0.1) is 5.82 Å². The molecule has 0 amide bonds. The fourth-order valence-corrected chi connectivity index (χ4v) is 2.64. The van der Waals surface area contributed by atoms with E-state index in [1.807, 2.05) is 13.1 Å². The van der Waals surface area contributed by atoms with Crippen LogP contribution in [0.1, 0.15) is 0 Å². The van der Waals surface area contributed by atoms with E-state index in [1.165, 1.54) is 17.4 Å². The highest BCUT2D eigenvalue weighted by atomic mass is 32.1. The summed E-state index contributed by atoms with van der Waals surface area (Å²) in [6.45, 7) is 0. The highest BCUT2D eigenvalue weighted by Gasteiger charge is 2.13. The fourth-order valence-electron chi connectivity index (χ4n) is 1.90. The van der Waals surface area contributed by atoms with E-state index in [4.69, 9.17) is 5.73 Å². The third kappa shape index (κ3) is 2.10. The molecule has 2 heterocycles. The molecule has 0 aliphatic rings. The lowest BCUT2D eigenvalue weighted by atomic mass is 10.1. The zero-order valence-corrected chi connectivity index (χ0v) is 11.0. The van der Waals surface area contributed by atoms with Crippen molar-refractivity contribution in [2.75, 3.05) is 5.73 Å². The van der Waals surface area contributed by atoms with Crippen molar-refractivity contribution in [3.8, 4) is 21.8 Å². The summed E-state index contributed by atoms with van der Waals surface area (Å²) in [5.41, 5.74) is 7.58. The molecular formula is C13H11FN4S. The summed E-state index contributed by atoms with van der Waals surface area (Å²) in [6, 6.07) is 8.42. The SMILES string of the molecule is Cn1nc(-c2ccccc2F)cc1-c1cnc(N)s1. The zero-order chi connectivity index (χ0) is 13.4. The van der Waals surface area contributed by atoms with Crippen LogP contribution in [0.25, 0.3) is 21.8 Å². The molecule has 1 aromatic carbocycles. The van der Waals surface area contributed by atoms with Gasteiger partial charge in [-0.15, -0.1) is 0 Å². The minimum absolute atomic E-state index is 0.282. The summed E-state index contributed by atoms with van der Waals surface area (Å²) < 4.78 is 15.4. The summed E-state index contributed by atoms with van der Waals surface area (Å²) in [7, 11) is 1.82. The third-order valence-electron chi connectivity index (χ3n) is 2.81. The number of hydrogen-bond acceptors (Lipinski definition) is 4. The average Bonchev–Trinajstić information content (AvgIpc) is 2.96. The van der Waals surface area contributed by atoms with E-state index in [9.17, 15) is 4.39 Å². The van der Waals surface area contributed by atoms with Crippen LogP contribution in [0.4, 0.5) is 9.52 Å². The van der Waals surface area contributed by atoms with Gasteiger partial charge in [0, 0.05) is 18.8 Å². The van der Waals surface area contributed by atoms with Crippen molar-refractivity contribution < 1.29 is 4.39 Å². The first-order valence-electron chi connectivity index (χ1n) is 5.66. The Bertz CT molecular complexity index is 732. The Hall–Kier alpha value is -2.21. The van der Waals surface area contributed by atoms with Gasteiger partial charge in [-0.2, -0.15) is 5.10 Å². The van der Waals surface area contributed by atoms with E-state index in [-0.39, 0.29) is 5.82 Å². The molecule has 0 radical (unpaired) electrons. The van der Waals surface area contributed by atoms with Crippen LogP contribution in [0.2, 0.25) is 0 Å². The molecule has 0 aliphatic heterocycles. The smallest absolute Gasteiger partial charge is 0.180 e. The molecule has 0 spiro atoms. The van der Waals surface area contributed by atoms with Crippen molar-refractivity contribution in [3.05, 3.63) is 42.3 Å². The molecule has 0 atom stereocenters. The maximum atomic E-state index is 13.7. The van der Waals surface area contributed by atoms with Gasteiger partial charge in [-0.1, -0.05) is 23.5 Å². The monoisotopic (exact) mass is 274 g/mol. The topological polar surface area (TPSA) is 56.7 Å². The van der Waals surface area contributed by atoms with Gasteiger partial charge in [0.25, 0.3) is 0 Å². The molecule has 0 aliphatic carbocycles. The number of aryl methyl sites for hydroxylation is 1. The first kappa shape index (κ1) is 11.9. The number of nitrogens with two attached hydrogens (primary N) is 1. The van der Waals surface area contributed by atoms with Crippen molar-refractivity contribution >= 4 is 16.5 Å². The van der Waals surface area contributed by atoms with Gasteiger partial charge < -0.3 is 5.73 Å². The molecule has 96 valence electrons. The summed E-state index contributed by atoms with van der Waals surface area (Å²) in [4.78, 5) is 4.93. The van der Waals surface area contributed by atoms with Gasteiger partial charge in [0.15, 0.2) is 5.13 Å². The molecule has 0 saturated carbocycles.